The molecule has 0 heterocycles. The van der Waals surface area contributed by atoms with Gasteiger partial charge in [-0.15, -0.1) is 11.8 Å². The molecule has 0 aliphatic carbocycles. The lowest BCUT2D eigenvalue weighted by Crippen LogP contribution is -2.19. The van der Waals surface area contributed by atoms with Crippen LogP contribution in [0.5, 0.6) is 0 Å². The number of benzene rings is 1. The highest BCUT2D eigenvalue weighted by molar-refractivity contribution is 8.00. The molecule has 0 saturated heterocycles. The molecule has 1 aromatic carbocycles. The van der Waals surface area contributed by atoms with Crippen molar-refractivity contribution in [2.24, 2.45) is 5.73 Å². The molecule has 0 radical (unpaired) electrons. The summed E-state index contributed by atoms with van der Waals surface area (Å²) in [4.78, 5) is 22.7. The lowest BCUT2D eigenvalue weighted by molar-refractivity contribution is -0.139. The highest BCUT2D eigenvalue weighted by Gasteiger charge is 2.04. The number of anilines is 1. The van der Waals surface area contributed by atoms with E-state index >= 15 is 0 Å². The quantitative estimate of drug-likeness (QED) is 0.620. The van der Waals surface area contributed by atoms with E-state index in [1.807, 2.05) is 6.07 Å². The molecule has 1 aromatic rings. The zero-order chi connectivity index (χ0) is 12.7. The van der Waals surface area contributed by atoms with Gasteiger partial charge in [0.2, 0.25) is 0 Å². The van der Waals surface area contributed by atoms with Crippen molar-refractivity contribution in [3.05, 3.63) is 24.3 Å². The maximum absolute atomic E-state index is 11.1. The van der Waals surface area contributed by atoms with Gasteiger partial charge in [0.15, 0.2) is 0 Å². The van der Waals surface area contributed by atoms with Crippen LogP contribution in [0.4, 0.5) is 10.5 Å². The first kappa shape index (κ1) is 13.4. The van der Waals surface area contributed by atoms with E-state index in [-0.39, 0.29) is 11.7 Å². The minimum atomic E-state index is -0.613. The van der Waals surface area contributed by atoms with Crippen LogP contribution in [0.15, 0.2) is 29.2 Å². The predicted octanol–water partition coefficient (Wildman–Crippen LogP) is 1.83. The van der Waals surface area contributed by atoms with Crippen molar-refractivity contribution in [2.75, 3.05) is 17.7 Å². The van der Waals surface area contributed by atoms with Crippen LogP contribution in [0.25, 0.3) is 0 Å². The molecule has 6 heteroatoms. The lowest BCUT2D eigenvalue weighted by Gasteiger charge is -2.05. The summed E-state index contributed by atoms with van der Waals surface area (Å²) in [5, 5.41) is 2.47. The Morgan fingerprint density at radius 1 is 1.47 bits per heavy atom. The van der Waals surface area contributed by atoms with E-state index in [1.165, 1.54) is 11.8 Å². The molecule has 2 amide bonds. The third-order valence-electron chi connectivity index (χ3n) is 1.76. The molecule has 5 nitrogen and oxygen atoms in total. The van der Waals surface area contributed by atoms with Gasteiger partial charge in [0.1, 0.15) is 0 Å². The number of hydrogen-bond acceptors (Lipinski definition) is 4. The molecule has 0 spiro atoms. The van der Waals surface area contributed by atoms with Crippen LogP contribution in [-0.2, 0) is 9.53 Å². The summed E-state index contributed by atoms with van der Waals surface area (Å²) in [5.41, 5.74) is 5.61. The van der Waals surface area contributed by atoms with E-state index in [2.05, 4.69) is 5.32 Å². The number of ether oxygens (including phenoxy) is 1. The largest absolute Gasteiger partial charge is 0.465 e. The van der Waals surface area contributed by atoms with Crippen LogP contribution in [0.2, 0.25) is 0 Å². The average Bonchev–Trinajstić information content (AvgIpc) is 2.26. The summed E-state index contributed by atoms with van der Waals surface area (Å²) in [6.45, 7) is 2.14. The standard InChI is InChI=1S/C11H14N2O3S/c1-2-16-10(14)7-17-9-5-3-4-8(6-9)13-11(12)15/h3-6H,2,7H2,1H3,(H3,12,13,15). The molecule has 0 fully saturated rings. The summed E-state index contributed by atoms with van der Waals surface area (Å²) in [7, 11) is 0. The Bertz CT molecular complexity index is 409. The van der Waals surface area contributed by atoms with Gasteiger partial charge in [-0.3, -0.25) is 4.79 Å². The molecule has 17 heavy (non-hydrogen) atoms. The molecule has 0 bridgehead atoms. The highest BCUT2D eigenvalue weighted by atomic mass is 32.2. The smallest absolute Gasteiger partial charge is 0.316 e. The average molecular weight is 254 g/mol. The van der Waals surface area contributed by atoms with Crippen molar-refractivity contribution in [1.82, 2.24) is 0 Å². The maximum atomic E-state index is 11.1. The zero-order valence-corrected chi connectivity index (χ0v) is 10.3. The third kappa shape index (κ3) is 5.26. The number of rotatable bonds is 5. The van der Waals surface area contributed by atoms with Gasteiger partial charge in [0, 0.05) is 10.6 Å². The summed E-state index contributed by atoms with van der Waals surface area (Å²) >= 11 is 1.34. The van der Waals surface area contributed by atoms with Crippen molar-refractivity contribution in [2.45, 2.75) is 11.8 Å². The van der Waals surface area contributed by atoms with Crippen molar-refractivity contribution in [3.63, 3.8) is 0 Å². The lowest BCUT2D eigenvalue weighted by atomic mass is 10.3. The topological polar surface area (TPSA) is 81.4 Å². The number of esters is 1. The summed E-state index contributed by atoms with van der Waals surface area (Å²) in [6.07, 6.45) is 0. The Morgan fingerprint density at radius 3 is 2.88 bits per heavy atom. The SMILES string of the molecule is CCOC(=O)CSc1cccc(NC(N)=O)c1. The molecule has 92 valence electrons. The number of urea groups is 1. The number of primary amides is 1. The van der Waals surface area contributed by atoms with Crippen molar-refractivity contribution in [1.29, 1.82) is 0 Å². The number of nitrogens with one attached hydrogen (secondary N) is 1. The predicted molar refractivity (Wildman–Crippen MR) is 67.0 cm³/mol. The molecule has 1 rings (SSSR count). The van der Waals surface area contributed by atoms with Gasteiger partial charge in [-0.1, -0.05) is 6.07 Å². The van der Waals surface area contributed by atoms with Crippen molar-refractivity contribution < 1.29 is 14.3 Å². The minimum absolute atomic E-state index is 0.244. The van der Waals surface area contributed by atoms with E-state index in [9.17, 15) is 9.59 Å². The van der Waals surface area contributed by atoms with Gasteiger partial charge in [-0.2, -0.15) is 0 Å². The van der Waals surface area contributed by atoms with E-state index in [0.717, 1.165) is 4.90 Å². The molecule has 0 aliphatic heterocycles. The van der Waals surface area contributed by atoms with Gasteiger partial charge in [-0.05, 0) is 25.1 Å². The van der Waals surface area contributed by atoms with Crippen molar-refractivity contribution in [3.8, 4) is 0 Å². The van der Waals surface area contributed by atoms with Crippen LogP contribution in [0, 0.1) is 0 Å². The fourth-order valence-electron chi connectivity index (χ4n) is 1.15. The summed E-state index contributed by atoms with van der Waals surface area (Å²) in [6, 6.07) is 6.47. The van der Waals surface area contributed by atoms with Crippen LogP contribution in [0.3, 0.4) is 0 Å². The van der Waals surface area contributed by atoms with Crippen LogP contribution >= 0.6 is 11.8 Å². The Labute approximate surface area is 104 Å². The molecular formula is C11H14N2O3S. The van der Waals surface area contributed by atoms with E-state index in [0.29, 0.717) is 12.3 Å². The van der Waals surface area contributed by atoms with E-state index < -0.39 is 6.03 Å². The second kappa shape index (κ2) is 6.80. The second-order valence-electron chi connectivity index (χ2n) is 3.11. The normalized spacial score (nSPS) is 9.71. The molecule has 0 aliphatic rings. The molecule has 0 unspecified atom stereocenters. The first-order chi connectivity index (χ1) is 8.11. The molecular weight excluding hydrogens is 240 g/mol. The Balaban J connectivity index is 2.53. The van der Waals surface area contributed by atoms with Crippen molar-refractivity contribution >= 4 is 29.4 Å². The van der Waals surface area contributed by atoms with Crippen LogP contribution in [0.1, 0.15) is 6.92 Å². The van der Waals surface area contributed by atoms with E-state index in [4.69, 9.17) is 10.5 Å². The molecule has 0 atom stereocenters. The number of carbonyl (C=O) groups is 2. The Morgan fingerprint density at radius 2 is 2.24 bits per heavy atom. The zero-order valence-electron chi connectivity index (χ0n) is 9.43. The Kier molecular flexibility index (Phi) is 5.35. The third-order valence-corrected chi connectivity index (χ3v) is 2.73. The van der Waals surface area contributed by atoms with E-state index in [1.54, 1.807) is 25.1 Å². The molecule has 0 aromatic heterocycles. The minimum Gasteiger partial charge on any atom is -0.465 e. The first-order valence-corrected chi connectivity index (χ1v) is 6.05. The van der Waals surface area contributed by atoms with Gasteiger partial charge >= 0.3 is 12.0 Å². The Hall–Kier alpha value is -1.69. The van der Waals surface area contributed by atoms with Gasteiger partial charge in [0.25, 0.3) is 0 Å². The fourth-order valence-corrected chi connectivity index (χ4v) is 1.90. The fraction of sp³-hybridized carbons (Fsp3) is 0.273. The summed E-state index contributed by atoms with van der Waals surface area (Å²) < 4.78 is 4.81. The highest BCUT2D eigenvalue weighted by Crippen LogP contribution is 2.21. The van der Waals surface area contributed by atoms with Gasteiger partial charge in [0.05, 0.1) is 12.4 Å². The summed E-state index contributed by atoms with van der Waals surface area (Å²) in [5.74, 6) is -0.0146. The van der Waals surface area contributed by atoms with Gasteiger partial charge in [-0.25, -0.2) is 4.79 Å². The van der Waals surface area contributed by atoms with Crippen LogP contribution in [-0.4, -0.2) is 24.4 Å². The van der Waals surface area contributed by atoms with Gasteiger partial charge < -0.3 is 15.8 Å². The van der Waals surface area contributed by atoms with Crippen LogP contribution < -0.4 is 11.1 Å². The second-order valence-corrected chi connectivity index (χ2v) is 4.16. The number of hydrogen-bond donors (Lipinski definition) is 2. The first-order valence-electron chi connectivity index (χ1n) is 5.06. The number of carbonyl (C=O) groups excluding carboxylic acids is 2. The number of nitrogens with two attached hydrogens (primary N) is 1. The molecule has 3 N–H and O–H groups in total. The maximum Gasteiger partial charge on any atom is 0.316 e. The number of amides is 2. The monoisotopic (exact) mass is 254 g/mol. The molecule has 0 saturated carbocycles. The number of thioether (sulfide) groups is 1.